The lowest BCUT2D eigenvalue weighted by molar-refractivity contribution is 0.246. The molecule has 0 atom stereocenters. The van der Waals surface area contributed by atoms with E-state index in [0.717, 1.165) is 0 Å². The van der Waals surface area contributed by atoms with Crippen LogP contribution in [0.25, 0.3) is 0 Å². The van der Waals surface area contributed by atoms with E-state index in [1.54, 1.807) is 6.92 Å². The molecule has 2 heteroatoms. The Balaban J connectivity index is 3.08. The molecule has 0 saturated heterocycles. The van der Waals surface area contributed by atoms with Gasteiger partial charge >= 0.3 is 0 Å². The Hall–Kier alpha value is -0.660. The molecule has 0 radical (unpaired) electrons. The van der Waals surface area contributed by atoms with Gasteiger partial charge in [-0.15, -0.1) is 0 Å². The van der Waals surface area contributed by atoms with E-state index in [4.69, 9.17) is 5.11 Å². The molecule has 0 amide bonds. The van der Waals surface area contributed by atoms with Gasteiger partial charge in [-0.2, -0.15) is 0 Å². The van der Waals surface area contributed by atoms with Crippen molar-refractivity contribution in [2.24, 2.45) is 0 Å². The molecule has 0 fully saturated rings. The lowest BCUT2D eigenvalue weighted by Crippen LogP contribution is -1.79. The molecule has 1 N–H and O–H groups in total. The van der Waals surface area contributed by atoms with Crippen LogP contribution < -0.4 is 0 Å². The first kappa shape index (κ1) is 6.34. The van der Waals surface area contributed by atoms with Crippen LogP contribution in [0, 0.1) is 0 Å². The molecule has 0 spiro atoms. The average molecular weight is 102 g/mol. The summed E-state index contributed by atoms with van der Waals surface area (Å²) in [5.74, 6) is 0.210. The maximum Gasteiger partial charge on any atom is 0.123 e. The highest BCUT2D eigenvalue weighted by Gasteiger charge is 1.74. The van der Waals surface area contributed by atoms with Crippen molar-refractivity contribution in [3.63, 3.8) is 0 Å². The summed E-state index contributed by atoms with van der Waals surface area (Å²) in [5, 5.41) is 8.42. The first-order valence-corrected chi connectivity index (χ1v) is 2.24. The highest BCUT2D eigenvalue weighted by Crippen LogP contribution is 1.83. The fraction of sp³-hybridized carbons (Fsp3) is 0.600. The van der Waals surface area contributed by atoms with Crippen LogP contribution in [0.3, 0.4) is 0 Å². The minimum atomic E-state index is 0.210. The fourth-order valence-electron chi connectivity index (χ4n) is 0.204. The molecule has 0 rings (SSSR count). The predicted molar refractivity (Wildman–Crippen MR) is 28.0 cm³/mol. The Morgan fingerprint density at radius 3 is 2.57 bits per heavy atom. The number of aliphatic hydroxyl groups is 1. The zero-order valence-electron chi connectivity index (χ0n) is 4.64. The first-order valence-electron chi connectivity index (χ1n) is 2.24. The van der Waals surface area contributed by atoms with Gasteiger partial charge in [0.2, 0.25) is 0 Å². The summed E-state index contributed by atoms with van der Waals surface area (Å²) in [6.45, 7) is 4.03. The maximum atomic E-state index is 8.42. The fourth-order valence-corrected chi connectivity index (χ4v) is 0.204. The van der Waals surface area contributed by atoms with E-state index in [9.17, 15) is 0 Å². The van der Waals surface area contributed by atoms with Crippen molar-refractivity contribution in [3.8, 4) is 0 Å². The van der Waals surface area contributed by atoms with Crippen molar-refractivity contribution in [1.29, 1.82) is 0 Å². The Kier molecular flexibility index (Phi) is 3.19. The molecule has 0 aliphatic heterocycles. The van der Waals surface area contributed by atoms with Gasteiger partial charge in [0.1, 0.15) is 12.0 Å². The smallest absolute Gasteiger partial charge is 0.123 e. The van der Waals surface area contributed by atoms with Crippen LogP contribution >= 0.6 is 0 Å². The SMILES string of the molecule is CCO/C=C(\C)O. The van der Waals surface area contributed by atoms with Crippen LogP contribution in [0.1, 0.15) is 13.8 Å². The summed E-state index contributed by atoms with van der Waals surface area (Å²) in [5.41, 5.74) is 0. The zero-order chi connectivity index (χ0) is 5.70. The van der Waals surface area contributed by atoms with Gasteiger partial charge in [0, 0.05) is 0 Å². The number of rotatable bonds is 2. The molecule has 0 aromatic heterocycles. The second-order valence-corrected chi connectivity index (χ2v) is 1.21. The van der Waals surface area contributed by atoms with Crippen molar-refractivity contribution in [3.05, 3.63) is 12.0 Å². The Morgan fingerprint density at radius 2 is 2.43 bits per heavy atom. The average Bonchev–Trinajstić information content (AvgIpc) is 1.61. The van der Waals surface area contributed by atoms with E-state index in [1.165, 1.54) is 6.26 Å². The summed E-state index contributed by atoms with van der Waals surface area (Å²) >= 11 is 0. The molecule has 0 unspecified atom stereocenters. The summed E-state index contributed by atoms with van der Waals surface area (Å²) in [4.78, 5) is 0. The number of aliphatic hydroxyl groups excluding tert-OH is 1. The number of hydrogen-bond acceptors (Lipinski definition) is 2. The van der Waals surface area contributed by atoms with Crippen LogP contribution in [-0.2, 0) is 4.74 Å². The van der Waals surface area contributed by atoms with Crippen molar-refractivity contribution >= 4 is 0 Å². The molecular formula is C5H10O2. The van der Waals surface area contributed by atoms with E-state index in [-0.39, 0.29) is 5.76 Å². The Morgan fingerprint density at radius 1 is 1.86 bits per heavy atom. The van der Waals surface area contributed by atoms with Crippen LogP contribution in [-0.4, -0.2) is 11.7 Å². The first-order chi connectivity index (χ1) is 3.27. The number of allylic oxidation sites excluding steroid dienone is 1. The van der Waals surface area contributed by atoms with Crippen LogP contribution in [0.4, 0.5) is 0 Å². The lowest BCUT2D eigenvalue weighted by atomic mass is 10.6. The maximum absolute atomic E-state index is 8.42. The van der Waals surface area contributed by atoms with Crippen molar-refractivity contribution in [2.45, 2.75) is 13.8 Å². The quantitative estimate of drug-likeness (QED) is 0.534. The van der Waals surface area contributed by atoms with Crippen LogP contribution in [0.5, 0.6) is 0 Å². The highest BCUT2D eigenvalue weighted by molar-refractivity contribution is 4.76. The van der Waals surface area contributed by atoms with Gasteiger partial charge in [0.15, 0.2) is 0 Å². The van der Waals surface area contributed by atoms with Crippen molar-refractivity contribution in [1.82, 2.24) is 0 Å². The normalized spacial score (nSPS) is 11.4. The molecule has 42 valence electrons. The molecule has 0 aromatic rings. The molecule has 7 heavy (non-hydrogen) atoms. The second kappa shape index (κ2) is 3.53. The molecule has 2 nitrogen and oxygen atoms in total. The summed E-state index contributed by atoms with van der Waals surface area (Å²) in [7, 11) is 0. The van der Waals surface area contributed by atoms with Crippen molar-refractivity contribution < 1.29 is 9.84 Å². The molecule has 0 aromatic carbocycles. The monoisotopic (exact) mass is 102 g/mol. The van der Waals surface area contributed by atoms with E-state index >= 15 is 0 Å². The summed E-state index contributed by atoms with van der Waals surface area (Å²) in [6, 6.07) is 0. The van der Waals surface area contributed by atoms with E-state index in [1.807, 2.05) is 6.92 Å². The predicted octanol–water partition coefficient (Wildman–Crippen LogP) is 1.44. The third-order valence-electron chi connectivity index (χ3n) is 0.421. The third kappa shape index (κ3) is 5.34. The Labute approximate surface area is 43.4 Å². The summed E-state index contributed by atoms with van der Waals surface area (Å²) < 4.78 is 4.68. The molecule has 0 aliphatic rings. The van der Waals surface area contributed by atoms with Gasteiger partial charge in [-0.3, -0.25) is 0 Å². The van der Waals surface area contributed by atoms with Gasteiger partial charge in [-0.25, -0.2) is 0 Å². The molecule has 0 saturated carbocycles. The largest absolute Gasteiger partial charge is 0.509 e. The zero-order valence-corrected chi connectivity index (χ0v) is 4.64. The number of hydrogen-bond donors (Lipinski definition) is 1. The molecular weight excluding hydrogens is 92.1 g/mol. The Bertz CT molecular complexity index is 62.5. The van der Waals surface area contributed by atoms with E-state index in [2.05, 4.69) is 4.74 Å². The van der Waals surface area contributed by atoms with Crippen LogP contribution in [0.15, 0.2) is 12.0 Å². The standard InChI is InChI=1S/C5H10O2/c1-3-7-4-5(2)6/h4,6H,3H2,1-2H3/b5-4+. The molecule has 0 bridgehead atoms. The molecule has 0 heterocycles. The number of ether oxygens (including phenoxy) is 1. The highest BCUT2D eigenvalue weighted by atomic mass is 16.5. The summed E-state index contributed by atoms with van der Waals surface area (Å²) in [6.07, 6.45) is 1.32. The third-order valence-corrected chi connectivity index (χ3v) is 0.421. The van der Waals surface area contributed by atoms with Gasteiger partial charge in [0.25, 0.3) is 0 Å². The van der Waals surface area contributed by atoms with Crippen LogP contribution in [0.2, 0.25) is 0 Å². The van der Waals surface area contributed by atoms with Gasteiger partial charge < -0.3 is 9.84 Å². The second-order valence-electron chi connectivity index (χ2n) is 1.21. The minimum absolute atomic E-state index is 0.210. The molecule has 0 aliphatic carbocycles. The van der Waals surface area contributed by atoms with Gasteiger partial charge in [-0.05, 0) is 13.8 Å². The van der Waals surface area contributed by atoms with Gasteiger partial charge in [-0.1, -0.05) is 0 Å². The minimum Gasteiger partial charge on any atom is -0.509 e. The topological polar surface area (TPSA) is 29.5 Å². The van der Waals surface area contributed by atoms with Crippen molar-refractivity contribution in [2.75, 3.05) is 6.61 Å². The van der Waals surface area contributed by atoms with E-state index in [0.29, 0.717) is 6.61 Å². The van der Waals surface area contributed by atoms with E-state index < -0.39 is 0 Å². The van der Waals surface area contributed by atoms with Gasteiger partial charge in [0.05, 0.1) is 6.61 Å². The lowest BCUT2D eigenvalue weighted by Gasteiger charge is -1.90.